The first-order chi connectivity index (χ1) is 10.2. The normalized spacial score (nSPS) is 14.7. The average Bonchev–Trinajstić information content (AvgIpc) is 3.08. The molecule has 0 atom stereocenters. The van der Waals surface area contributed by atoms with Gasteiger partial charge >= 0.3 is 5.97 Å². The van der Waals surface area contributed by atoms with Crippen molar-refractivity contribution in [3.63, 3.8) is 0 Å². The van der Waals surface area contributed by atoms with E-state index < -0.39 is 5.97 Å². The first-order valence-electron chi connectivity index (χ1n) is 6.67. The zero-order valence-corrected chi connectivity index (χ0v) is 11.0. The van der Waals surface area contributed by atoms with Gasteiger partial charge in [0.05, 0.1) is 17.9 Å². The minimum absolute atomic E-state index is 0.0550. The fourth-order valence-corrected chi connectivity index (χ4v) is 2.46. The van der Waals surface area contributed by atoms with Gasteiger partial charge in [-0.1, -0.05) is 5.21 Å². The molecular formula is C13H12N6O2. The topological polar surface area (TPSA) is 98.2 Å². The first-order valence-corrected chi connectivity index (χ1v) is 6.67. The summed E-state index contributed by atoms with van der Waals surface area (Å²) < 4.78 is 3.46. The molecule has 1 saturated carbocycles. The molecule has 0 bridgehead atoms. The highest BCUT2D eigenvalue weighted by Gasteiger charge is 2.33. The molecule has 4 rings (SSSR count). The zero-order valence-electron chi connectivity index (χ0n) is 11.0. The van der Waals surface area contributed by atoms with Gasteiger partial charge in [-0.05, 0) is 18.9 Å². The molecule has 1 N–H and O–H groups in total. The van der Waals surface area contributed by atoms with Crippen LogP contribution in [0.4, 0.5) is 0 Å². The second-order valence-corrected chi connectivity index (χ2v) is 5.12. The van der Waals surface area contributed by atoms with Crippen molar-refractivity contribution in [3.05, 3.63) is 41.7 Å². The highest BCUT2D eigenvalue weighted by Crippen LogP contribution is 2.41. The van der Waals surface area contributed by atoms with Crippen molar-refractivity contribution in [1.29, 1.82) is 0 Å². The fraction of sp³-hybridized carbons (Fsp3) is 0.308. The van der Waals surface area contributed by atoms with E-state index in [0.717, 1.165) is 18.5 Å². The molecule has 8 heteroatoms. The third kappa shape index (κ3) is 2.04. The SMILES string of the molecule is O=C(O)c1nnn(Cc2cn3cccnc3n2)c1C1CC1. The van der Waals surface area contributed by atoms with Gasteiger partial charge in [0.15, 0.2) is 5.69 Å². The molecular weight excluding hydrogens is 272 g/mol. The highest BCUT2D eigenvalue weighted by atomic mass is 16.4. The number of carboxylic acid groups (broad SMARTS) is 1. The second kappa shape index (κ2) is 4.37. The van der Waals surface area contributed by atoms with E-state index in [1.165, 1.54) is 0 Å². The van der Waals surface area contributed by atoms with Crippen molar-refractivity contribution in [2.75, 3.05) is 0 Å². The van der Waals surface area contributed by atoms with Crippen molar-refractivity contribution in [1.82, 2.24) is 29.4 Å². The molecule has 8 nitrogen and oxygen atoms in total. The van der Waals surface area contributed by atoms with Gasteiger partial charge in [0.25, 0.3) is 0 Å². The van der Waals surface area contributed by atoms with E-state index in [4.69, 9.17) is 0 Å². The van der Waals surface area contributed by atoms with Gasteiger partial charge in [0.2, 0.25) is 5.78 Å². The summed E-state index contributed by atoms with van der Waals surface area (Å²) in [6, 6.07) is 1.83. The molecule has 0 saturated heterocycles. The van der Waals surface area contributed by atoms with Gasteiger partial charge in [-0.3, -0.25) is 4.40 Å². The molecule has 21 heavy (non-hydrogen) atoms. The van der Waals surface area contributed by atoms with Gasteiger partial charge in [0, 0.05) is 24.5 Å². The lowest BCUT2D eigenvalue weighted by Crippen LogP contribution is -2.08. The van der Waals surface area contributed by atoms with Crippen LogP contribution in [0.1, 0.15) is 40.6 Å². The van der Waals surface area contributed by atoms with Crippen LogP contribution < -0.4 is 0 Å². The van der Waals surface area contributed by atoms with Crippen LogP contribution in [0.15, 0.2) is 24.7 Å². The maximum atomic E-state index is 11.2. The average molecular weight is 284 g/mol. The number of fused-ring (bicyclic) bond motifs is 1. The number of aromatic nitrogens is 6. The van der Waals surface area contributed by atoms with Crippen LogP contribution in [-0.4, -0.2) is 40.4 Å². The summed E-state index contributed by atoms with van der Waals surface area (Å²) in [4.78, 5) is 19.8. The molecule has 1 aliphatic carbocycles. The van der Waals surface area contributed by atoms with Crippen LogP contribution in [0.25, 0.3) is 5.78 Å². The van der Waals surface area contributed by atoms with Crippen molar-refractivity contribution < 1.29 is 9.90 Å². The summed E-state index contributed by atoms with van der Waals surface area (Å²) in [6.07, 6.45) is 7.38. The fourth-order valence-electron chi connectivity index (χ4n) is 2.46. The maximum Gasteiger partial charge on any atom is 0.358 e. The van der Waals surface area contributed by atoms with Crippen molar-refractivity contribution in [3.8, 4) is 0 Å². The summed E-state index contributed by atoms with van der Waals surface area (Å²) in [7, 11) is 0. The lowest BCUT2D eigenvalue weighted by molar-refractivity contribution is 0.0689. The number of aromatic carboxylic acids is 1. The van der Waals surface area contributed by atoms with Gasteiger partial charge in [0.1, 0.15) is 0 Å². The largest absolute Gasteiger partial charge is 0.476 e. The standard InChI is InChI=1S/C13H12N6O2/c20-12(21)10-11(8-2-3-8)19(17-16-10)7-9-6-18-5-1-4-14-13(18)15-9/h1,4-6,8H,2-3,7H2,(H,20,21). The van der Waals surface area contributed by atoms with E-state index in [2.05, 4.69) is 20.3 Å². The van der Waals surface area contributed by atoms with Gasteiger partial charge in [-0.2, -0.15) is 0 Å². The predicted molar refractivity (Wildman–Crippen MR) is 71.0 cm³/mol. The molecule has 1 aliphatic rings. The van der Waals surface area contributed by atoms with Gasteiger partial charge in [-0.15, -0.1) is 5.10 Å². The molecule has 0 radical (unpaired) electrons. The van der Waals surface area contributed by atoms with Crippen LogP contribution in [0.3, 0.4) is 0 Å². The van der Waals surface area contributed by atoms with Gasteiger partial charge < -0.3 is 5.11 Å². The second-order valence-electron chi connectivity index (χ2n) is 5.12. The Morgan fingerprint density at radius 2 is 2.29 bits per heavy atom. The van der Waals surface area contributed by atoms with Crippen LogP contribution >= 0.6 is 0 Å². The lowest BCUT2D eigenvalue weighted by atomic mass is 10.2. The van der Waals surface area contributed by atoms with Crippen molar-refractivity contribution in [2.24, 2.45) is 0 Å². The quantitative estimate of drug-likeness (QED) is 0.765. The molecule has 0 aliphatic heterocycles. The highest BCUT2D eigenvalue weighted by molar-refractivity contribution is 5.86. The Balaban J connectivity index is 1.72. The number of nitrogens with zero attached hydrogens (tertiary/aromatic N) is 6. The predicted octanol–water partition coefficient (Wildman–Crippen LogP) is 0.945. The summed E-state index contributed by atoms with van der Waals surface area (Å²) in [5, 5.41) is 17.0. The van der Waals surface area contributed by atoms with E-state index in [-0.39, 0.29) is 11.6 Å². The van der Waals surface area contributed by atoms with Crippen molar-refractivity contribution in [2.45, 2.75) is 25.3 Å². The Morgan fingerprint density at radius 1 is 1.43 bits per heavy atom. The Hall–Kier alpha value is -2.77. The maximum absolute atomic E-state index is 11.2. The molecule has 3 aromatic rings. The monoisotopic (exact) mass is 284 g/mol. The van der Waals surface area contributed by atoms with Crippen LogP contribution in [0.2, 0.25) is 0 Å². The Morgan fingerprint density at radius 3 is 3.00 bits per heavy atom. The molecule has 0 amide bonds. The number of hydrogen-bond acceptors (Lipinski definition) is 5. The smallest absolute Gasteiger partial charge is 0.358 e. The van der Waals surface area contributed by atoms with Crippen LogP contribution in [-0.2, 0) is 6.54 Å². The summed E-state index contributed by atoms with van der Waals surface area (Å²) in [5.74, 6) is -0.167. The number of rotatable bonds is 4. The first kappa shape index (κ1) is 12.0. The van der Waals surface area contributed by atoms with E-state index in [9.17, 15) is 9.90 Å². The third-order valence-electron chi connectivity index (χ3n) is 3.54. The van der Waals surface area contributed by atoms with Crippen LogP contribution in [0, 0.1) is 0 Å². The Kier molecular flexibility index (Phi) is 2.50. The number of carbonyl (C=O) groups is 1. The third-order valence-corrected chi connectivity index (χ3v) is 3.54. The summed E-state index contributed by atoms with van der Waals surface area (Å²) >= 11 is 0. The lowest BCUT2D eigenvalue weighted by Gasteiger charge is -2.03. The summed E-state index contributed by atoms with van der Waals surface area (Å²) in [6.45, 7) is 0.398. The Bertz CT molecular complexity index is 799. The van der Waals surface area contributed by atoms with Gasteiger partial charge in [-0.25, -0.2) is 19.4 Å². The van der Waals surface area contributed by atoms with Crippen molar-refractivity contribution >= 4 is 11.7 Å². The zero-order chi connectivity index (χ0) is 14.4. The summed E-state index contributed by atoms with van der Waals surface area (Å²) in [5.41, 5.74) is 1.53. The minimum Gasteiger partial charge on any atom is -0.476 e. The molecule has 106 valence electrons. The molecule has 0 aromatic carbocycles. The molecule has 3 heterocycles. The van der Waals surface area contributed by atoms with E-state index in [1.807, 2.05) is 22.9 Å². The number of carboxylic acids is 1. The minimum atomic E-state index is -1.03. The molecule has 3 aromatic heterocycles. The molecule has 1 fully saturated rings. The number of imidazole rings is 1. The Labute approximate surface area is 119 Å². The van der Waals surface area contributed by atoms with E-state index >= 15 is 0 Å². The van der Waals surface area contributed by atoms with E-state index in [0.29, 0.717) is 18.0 Å². The van der Waals surface area contributed by atoms with Crippen LogP contribution in [0.5, 0.6) is 0 Å². The molecule has 0 unspecified atom stereocenters. The molecule has 0 spiro atoms. The van der Waals surface area contributed by atoms with E-state index in [1.54, 1.807) is 10.9 Å². The number of hydrogen-bond donors (Lipinski definition) is 1.